The van der Waals surface area contributed by atoms with Gasteiger partial charge in [0.2, 0.25) is 5.95 Å². The van der Waals surface area contributed by atoms with Crippen LogP contribution in [0.1, 0.15) is 24.6 Å². The summed E-state index contributed by atoms with van der Waals surface area (Å²) < 4.78 is 7.43. The van der Waals surface area contributed by atoms with Crippen LogP contribution in [-0.4, -0.2) is 29.3 Å². The molecule has 0 aliphatic carbocycles. The van der Waals surface area contributed by atoms with Crippen LogP contribution in [0.15, 0.2) is 30.5 Å². The maximum absolute atomic E-state index is 6.22. The minimum Gasteiger partial charge on any atom is -0.382 e. The summed E-state index contributed by atoms with van der Waals surface area (Å²) in [4.78, 5) is 4.52. The van der Waals surface area contributed by atoms with E-state index in [2.05, 4.69) is 14.9 Å². The summed E-state index contributed by atoms with van der Waals surface area (Å²) in [5, 5.41) is 4.14. The van der Waals surface area contributed by atoms with Crippen LogP contribution in [0.4, 0.5) is 5.95 Å². The van der Waals surface area contributed by atoms with Crippen LogP contribution < -0.4 is 5.32 Å². The van der Waals surface area contributed by atoms with Crippen molar-refractivity contribution in [1.82, 2.24) is 9.55 Å². The number of rotatable bonds is 8. The maximum atomic E-state index is 6.22. The van der Waals surface area contributed by atoms with E-state index in [0.29, 0.717) is 6.54 Å². The second-order valence-electron chi connectivity index (χ2n) is 4.90. The summed E-state index contributed by atoms with van der Waals surface area (Å²) in [6.45, 7) is 7.10. The van der Waals surface area contributed by atoms with E-state index in [4.69, 9.17) is 16.3 Å². The summed E-state index contributed by atoms with van der Waals surface area (Å²) >= 11 is 6.22. The van der Waals surface area contributed by atoms with Crippen molar-refractivity contribution in [2.45, 2.75) is 26.8 Å². The molecule has 0 aliphatic rings. The van der Waals surface area contributed by atoms with Gasteiger partial charge >= 0.3 is 0 Å². The summed E-state index contributed by atoms with van der Waals surface area (Å²) in [6, 6.07) is 7.89. The van der Waals surface area contributed by atoms with Crippen molar-refractivity contribution >= 4 is 17.5 Å². The summed E-state index contributed by atoms with van der Waals surface area (Å²) in [7, 11) is 0. The van der Waals surface area contributed by atoms with E-state index in [1.54, 1.807) is 0 Å². The Balaban J connectivity index is 1.98. The lowest BCUT2D eigenvalue weighted by Crippen LogP contribution is -2.11. The molecule has 114 valence electrons. The van der Waals surface area contributed by atoms with E-state index in [9.17, 15) is 0 Å². The molecule has 0 saturated carbocycles. The fourth-order valence-corrected chi connectivity index (χ4v) is 2.33. The van der Waals surface area contributed by atoms with Crippen molar-refractivity contribution in [3.05, 3.63) is 46.7 Å². The molecule has 2 aromatic rings. The number of imidazole rings is 1. The molecule has 0 amide bonds. The summed E-state index contributed by atoms with van der Waals surface area (Å²) in [5.74, 6) is 0.879. The zero-order valence-corrected chi connectivity index (χ0v) is 13.4. The molecule has 0 radical (unpaired) electrons. The van der Waals surface area contributed by atoms with Crippen LogP contribution in [0.3, 0.4) is 0 Å². The SMILES string of the molecule is CCOCCCNc1nc(C)cn1Cc1ccccc1Cl. The van der Waals surface area contributed by atoms with Gasteiger partial charge in [0, 0.05) is 31.0 Å². The molecule has 1 heterocycles. The number of ether oxygens (including phenoxy) is 1. The van der Waals surface area contributed by atoms with Gasteiger partial charge in [-0.05, 0) is 31.9 Å². The molecule has 2 rings (SSSR count). The molecule has 1 N–H and O–H groups in total. The van der Waals surface area contributed by atoms with E-state index >= 15 is 0 Å². The van der Waals surface area contributed by atoms with Gasteiger partial charge in [0.1, 0.15) is 0 Å². The molecule has 21 heavy (non-hydrogen) atoms. The summed E-state index contributed by atoms with van der Waals surface area (Å²) in [6.07, 6.45) is 3.00. The molecule has 0 fully saturated rings. The Kier molecular flexibility index (Phi) is 6.08. The third-order valence-corrected chi connectivity index (χ3v) is 3.52. The largest absolute Gasteiger partial charge is 0.382 e. The number of anilines is 1. The van der Waals surface area contributed by atoms with E-state index in [1.807, 2.05) is 44.3 Å². The van der Waals surface area contributed by atoms with Gasteiger partial charge in [-0.15, -0.1) is 0 Å². The Labute approximate surface area is 131 Å². The average Bonchev–Trinajstić information content (AvgIpc) is 2.81. The minimum atomic E-state index is 0.717. The normalized spacial score (nSPS) is 10.8. The molecule has 1 aromatic carbocycles. The fraction of sp³-hybridized carbons (Fsp3) is 0.438. The quantitative estimate of drug-likeness (QED) is 0.755. The van der Waals surface area contributed by atoms with Crippen molar-refractivity contribution in [2.24, 2.45) is 0 Å². The highest BCUT2D eigenvalue weighted by atomic mass is 35.5. The lowest BCUT2D eigenvalue weighted by Gasteiger charge is -2.11. The standard InChI is InChI=1S/C16H22ClN3O/c1-3-21-10-6-9-18-16-19-13(2)11-20(16)12-14-7-4-5-8-15(14)17/h4-5,7-8,11H,3,6,9-10,12H2,1-2H3,(H,18,19). The van der Waals surface area contributed by atoms with Crippen molar-refractivity contribution < 1.29 is 4.74 Å². The molecule has 0 bridgehead atoms. The molecule has 0 aliphatic heterocycles. The molecular weight excluding hydrogens is 286 g/mol. The Morgan fingerprint density at radius 2 is 2.14 bits per heavy atom. The first-order valence-corrected chi connectivity index (χ1v) is 7.67. The average molecular weight is 308 g/mol. The van der Waals surface area contributed by atoms with Gasteiger partial charge in [0.25, 0.3) is 0 Å². The zero-order chi connectivity index (χ0) is 15.1. The third-order valence-electron chi connectivity index (χ3n) is 3.15. The third kappa shape index (κ3) is 4.76. The van der Waals surface area contributed by atoms with Gasteiger partial charge < -0.3 is 14.6 Å². The molecule has 0 unspecified atom stereocenters. The van der Waals surface area contributed by atoms with Crippen molar-refractivity contribution in [3.63, 3.8) is 0 Å². The van der Waals surface area contributed by atoms with Gasteiger partial charge in [0.05, 0.1) is 12.2 Å². The van der Waals surface area contributed by atoms with Gasteiger partial charge in [-0.3, -0.25) is 0 Å². The van der Waals surface area contributed by atoms with Crippen LogP contribution in [0.5, 0.6) is 0 Å². The first-order valence-electron chi connectivity index (χ1n) is 7.29. The molecule has 5 heteroatoms. The number of benzene rings is 1. The van der Waals surface area contributed by atoms with Crippen molar-refractivity contribution in [1.29, 1.82) is 0 Å². The molecule has 0 spiro atoms. The van der Waals surface area contributed by atoms with Crippen molar-refractivity contribution in [3.8, 4) is 0 Å². The van der Waals surface area contributed by atoms with E-state index in [-0.39, 0.29) is 0 Å². The highest BCUT2D eigenvalue weighted by molar-refractivity contribution is 6.31. The lowest BCUT2D eigenvalue weighted by molar-refractivity contribution is 0.147. The molecule has 0 saturated heterocycles. The number of aromatic nitrogens is 2. The molecule has 4 nitrogen and oxygen atoms in total. The van der Waals surface area contributed by atoms with Crippen LogP contribution >= 0.6 is 11.6 Å². The predicted molar refractivity (Wildman–Crippen MR) is 87.1 cm³/mol. The molecular formula is C16H22ClN3O. The van der Waals surface area contributed by atoms with Gasteiger partial charge in [-0.1, -0.05) is 29.8 Å². The Morgan fingerprint density at radius 3 is 2.90 bits per heavy atom. The Morgan fingerprint density at radius 1 is 1.33 bits per heavy atom. The Bertz CT molecular complexity index is 568. The topological polar surface area (TPSA) is 39.1 Å². The molecule has 1 aromatic heterocycles. The number of nitrogens with one attached hydrogen (secondary N) is 1. The predicted octanol–water partition coefficient (Wildman–Crippen LogP) is 3.73. The van der Waals surface area contributed by atoms with Gasteiger partial charge in [0.15, 0.2) is 0 Å². The molecule has 0 atom stereocenters. The van der Waals surface area contributed by atoms with Crippen LogP contribution in [-0.2, 0) is 11.3 Å². The second-order valence-corrected chi connectivity index (χ2v) is 5.31. The minimum absolute atomic E-state index is 0.717. The second kappa shape index (κ2) is 8.05. The van der Waals surface area contributed by atoms with Crippen LogP contribution in [0, 0.1) is 6.92 Å². The monoisotopic (exact) mass is 307 g/mol. The fourth-order valence-electron chi connectivity index (χ4n) is 2.14. The smallest absolute Gasteiger partial charge is 0.203 e. The first-order chi connectivity index (χ1) is 10.2. The Hall–Kier alpha value is -1.52. The zero-order valence-electron chi connectivity index (χ0n) is 12.6. The number of halogens is 1. The van der Waals surface area contributed by atoms with Crippen molar-refractivity contribution in [2.75, 3.05) is 25.1 Å². The lowest BCUT2D eigenvalue weighted by atomic mass is 10.2. The van der Waals surface area contributed by atoms with E-state index in [1.165, 1.54) is 0 Å². The number of hydrogen-bond acceptors (Lipinski definition) is 3. The van der Waals surface area contributed by atoms with Crippen LogP contribution in [0.2, 0.25) is 5.02 Å². The van der Waals surface area contributed by atoms with E-state index in [0.717, 1.165) is 48.4 Å². The number of hydrogen-bond donors (Lipinski definition) is 1. The van der Waals surface area contributed by atoms with Gasteiger partial charge in [-0.25, -0.2) is 4.98 Å². The number of nitrogens with zero attached hydrogens (tertiary/aromatic N) is 2. The summed E-state index contributed by atoms with van der Waals surface area (Å²) in [5.41, 5.74) is 2.09. The number of aryl methyl sites for hydroxylation is 1. The maximum Gasteiger partial charge on any atom is 0.203 e. The highest BCUT2D eigenvalue weighted by Crippen LogP contribution is 2.18. The first kappa shape index (κ1) is 15.9. The van der Waals surface area contributed by atoms with Crippen LogP contribution in [0.25, 0.3) is 0 Å². The van der Waals surface area contributed by atoms with E-state index < -0.39 is 0 Å². The van der Waals surface area contributed by atoms with Gasteiger partial charge in [-0.2, -0.15) is 0 Å². The highest BCUT2D eigenvalue weighted by Gasteiger charge is 2.07.